The van der Waals surface area contributed by atoms with Crippen LogP contribution in [0.1, 0.15) is 28.0 Å². The first kappa shape index (κ1) is 25.0. The summed E-state index contributed by atoms with van der Waals surface area (Å²) in [5, 5.41) is 0.871. The number of rotatable bonds is 4. The van der Waals surface area contributed by atoms with Crippen LogP contribution in [0, 0.1) is 6.92 Å². The van der Waals surface area contributed by atoms with Crippen LogP contribution >= 0.6 is 11.6 Å². The van der Waals surface area contributed by atoms with Crippen molar-refractivity contribution in [1.29, 1.82) is 0 Å². The Morgan fingerprint density at radius 3 is 2.27 bits per heavy atom. The molecule has 10 nitrogen and oxygen atoms in total. The molecular formula is C25H23ClN6O4S. The van der Waals surface area contributed by atoms with Gasteiger partial charge >= 0.3 is 0 Å². The van der Waals surface area contributed by atoms with Crippen molar-refractivity contribution in [3.63, 3.8) is 0 Å². The summed E-state index contributed by atoms with van der Waals surface area (Å²) < 4.78 is 29.5. The zero-order valence-electron chi connectivity index (χ0n) is 20.1. The van der Waals surface area contributed by atoms with Gasteiger partial charge in [0.05, 0.1) is 5.52 Å². The summed E-state index contributed by atoms with van der Waals surface area (Å²) in [6.45, 7) is 3.67. The molecule has 190 valence electrons. The number of aromatic nitrogens is 4. The zero-order valence-corrected chi connectivity index (χ0v) is 21.7. The van der Waals surface area contributed by atoms with Gasteiger partial charge in [0.25, 0.3) is 15.9 Å². The monoisotopic (exact) mass is 538 g/mol. The smallest absolute Gasteiger partial charge is 0.291 e. The second-order valence-electron chi connectivity index (χ2n) is 8.72. The lowest BCUT2D eigenvalue weighted by Crippen LogP contribution is -2.51. The van der Waals surface area contributed by atoms with Gasteiger partial charge in [-0.3, -0.25) is 19.1 Å². The average molecular weight is 539 g/mol. The lowest BCUT2D eigenvalue weighted by molar-refractivity contribution is 0.0685. The van der Waals surface area contributed by atoms with E-state index >= 15 is 0 Å². The van der Waals surface area contributed by atoms with Gasteiger partial charge in [-0.05, 0) is 48.9 Å². The summed E-state index contributed by atoms with van der Waals surface area (Å²) in [4.78, 5) is 39.5. The molecular weight excluding hydrogens is 516 g/mol. The van der Waals surface area contributed by atoms with Crippen molar-refractivity contribution < 1.29 is 18.0 Å². The first-order valence-corrected chi connectivity index (χ1v) is 13.3. The normalized spacial score (nSPS) is 14.7. The van der Waals surface area contributed by atoms with Crippen LogP contribution in [0.3, 0.4) is 0 Å². The second-order valence-corrected chi connectivity index (χ2v) is 11.0. The van der Waals surface area contributed by atoms with Gasteiger partial charge in [-0.25, -0.2) is 18.4 Å². The fourth-order valence-corrected chi connectivity index (χ4v) is 6.22. The highest BCUT2D eigenvalue weighted by Crippen LogP contribution is 2.28. The number of hydrogen-bond donors (Lipinski definition) is 0. The van der Waals surface area contributed by atoms with Crippen LogP contribution in [0.2, 0.25) is 5.02 Å². The number of benzene rings is 1. The van der Waals surface area contributed by atoms with Gasteiger partial charge in [0.1, 0.15) is 0 Å². The highest BCUT2D eigenvalue weighted by Gasteiger charge is 2.34. The van der Waals surface area contributed by atoms with Gasteiger partial charge < -0.3 is 4.90 Å². The molecule has 0 unspecified atom stereocenters. The van der Waals surface area contributed by atoms with E-state index in [0.29, 0.717) is 15.9 Å². The Morgan fingerprint density at radius 1 is 0.919 bits per heavy atom. The zero-order chi connectivity index (χ0) is 26.3. The minimum absolute atomic E-state index is 0.0411. The number of fused-ring (bicyclic) bond motifs is 1. The summed E-state index contributed by atoms with van der Waals surface area (Å²) in [5.74, 6) is -0.756. The number of nitrogens with zero attached hydrogens (tertiary/aromatic N) is 6. The lowest BCUT2D eigenvalue weighted by Gasteiger charge is -2.33. The quantitative estimate of drug-likeness (QED) is 0.391. The van der Waals surface area contributed by atoms with Crippen molar-refractivity contribution >= 4 is 44.3 Å². The second kappa shape index (κ2) is 9.66. The van der Waals surface area contributed by atoms with Gasteiger partial charge in [0.2, 0.25) is 11.7 Å². The van der Waals surface area contributed by atoms with Crippen molar-refractivity contribution in [3.05, 3.63) is 71.5 Å². The van der Waals surface area contributed by atoms with E-state index in [-0.39, 0.29) is 42.9 Å². The summed E-state index contributed by atoms with van der Waals surface area (Å²) in [6, 6.07) is 10.0. The van der Waals surface area contributed by atoms with E-state index in [2.05, 4.69) is 15.0 Å². The van der Waals surface area contributed by atoms with Crippen molar-refractivity contribution in [2.24, 2.45) is 0 Å². The van der Waals surface area contributed by atoms with Crippen LogP contribution < -0.4 is 0 Å². The number of pyridine rings is 1. The van der Waals surface area contributed by atoms with Crippen molar-refractivity contribution in [2.45, 2.75) is 18.9 Å². The maximum Gasteiger partial charge on any atom is 0.291 e. The van der Waals surface area contributed by atoms with E-state index in [1.165, 1.54) is 26.8 Å². The first-order valence-electron chi connectivity index (χ1n) is 11.5. The highest BCUT2D eigenvalue weighted by atomic mass is 35.5. The number of carbonyl (C=O) groups excluding carboxylic acids is 2. The van der Waals surface area contributed by atoms with Crippen LogP contribution in [0.4, 0.5) is 0 Å². The molecule has 0 atom stereocenters. The average Bonchev–Trinajstić information content (AvgIpc) is 3.28. The molecule has 1 aromatic carbocycles. The predicted octanol–water partition coefficient (Wildman–Crippen LogP) is 3.26. The molecule has 0 saturated carbocycles. The molecule has 5 rings (SSSR count). The number of piperazine rings is 1. The molecule has 1 aliphatic heterocycles. The Morgan fingerprint density at radius 2 is 1.62 bits per heavy atom. The van der Waals surface area contributed by atoms with E-state index < -0.39 is 15.9 Å². The molecule has 0 radical (unpaired) electrons. The third-order valence-corrected chi connectivity index (χ3v) is 8.36. The third kappa shape index (κ3) is 4.73. The van der Waals surface area contributed by atoms with E-state index in [4.69, 9.17) is 11.6 Å². The Bertz CT molecular complexity index is 1630. The number of amides is 1. The van der Waals surface area contributed by atoms with Crippen LogP contribution in [0.15, 0.2) is 60.0 Å². The molecule has 0 N–H and O–H groups in total. The van der Waals surface area contributed by atoms with E-state index in [0.717, 1.165) is 16.8 Å². The minimum atomic E-state index is -4.01. The topological polar surface area (TPSA) is 118 Å². The lowest BCUT2D eigenvalue weighted by atomic mass is 10.1. The SMILES string of the molecule is CC(=O)n1c(S(=O)(=O)N2CCN(C(=O)c3ncc(-c4ccnc(C)c4)cn3)CC2)cc2cc(Cl)ccc21. The number of carbonyl (C=O) groups is 2. The molecule has 0 bridgehead atoms. The summed E-state index contributed by atoms with van der Waals surface area (Å²) >= 11 is 6.06. The molecule has 1 fully saturated rings. The maximum atomic E-state index is 13.5. The molecule has 37 heavy (non-hydrogen) atoms. The van der Waals surface area contributed by atoms with E-state index in [9.17, 15) is 18.0 Å². The highest BCUT2D eigenvalue weighted by molar-refractivity contribution is 7.89. The maximum absolute atomic E-state index is 13.5. The van der Waals surface area contributed by atoms with Crippen molar-refractivity contribution in [1.82, 2.24) is 28.7 Å². The predicted molar refractivity (Wildman–Crippen MR) is 138 cm³/mol. The van der Waals surface area contributed by atoms with Gasteiger partial charge in [0.15, 0.2) is 5.03 Å². The van der Waals surface area contributed by atoms with Gasteiger partial charge in [-0.1, -0.05) is 11.6 Å². The van der Waals surface area contributed by atoms with Gasteiger partial charge in [-0.2, -0.15) is 4.31 Å². The largest absolute Gasteiger partial charge is 0.333 e. The van der Waals surface area contributed by atoms with Gasteiger partial charge in [-0.15, -0.1) is 0 Å². The standard InChI is InChI=1S/C25H23ClN6O4S/c1-16-11-18(5-6-27-16)20-14-28-24(29-15-20)25(34)30-7-9-31(10-8-30)37(35,36)23-13-19-12-21(26)3-4-22(19)32(23)17(2)33/h3-6,11-15H,7-10H2,1-2H3. The summed E-state index contributed by atoms with van der Waals surface area (Å²) in [6.07, 6.45) is 4.87. The fourth-order valence-electron chi connectivity index (χ4n) is 4.39. The molecule has 12 heteroatoms. The summed E-state index contributed by atoms with van der Waals surface area (Å²) in [7, 11) is -4.01. The third-order valence-electron chi connectivity index (χ3n) is 6.25. The molecule has 4 aromatic rings. The summed E-state index contributed by atoms with van der Waals surface area (Å²) in [5.41, 5.74) is 2.99. The van der Waals surface area contributed by atoms with Crippen LogP contribution in [-0.4, -0.2) is 75.1 Å². The Balaban J connectivity index is 1.32. The molecule has 1 amide bonds. The molecule has 1 saturated heterocycles. The Hall–Kier alpha value is -3.67. The molecule has 0 spiro atoms. The minimum Gasteiger partial charge on any atom is -0.333 e. The van der Waals surface area contributed by atoms with Crippen molar-refractivity contribution in [3.8, 4) is 11.1 Å². The Kier molecular flexibility index (Phi) is 6.52. The van der Waals surface area contributed by atoms with Crippen LogP contribution in [0.5, 0.6) is 0 Å². The van der Waals surface area contributed by atoms with Gasteiger partial charge in [0, 0.05) is 73.4 Å². The molecule has 0 aliphatic carbocycles. The fraction of sp³-hybridized carbons (Fsp3) is 0.240. The number of aryl methyl sites for hydroxylation is 1. The van der Waals surface area contributed by atoms with Crippen LogP contribution in [0.25, 0.3) is 22.0 Å². The Labute approximate surface area is 218 Å². The number of hydrogen-bond acceptors (Lipinski definition) is 7. The van der Waals surface area contributed by atoms with E-state index in [1.807, 2.05) is 19.1 Å². The van der Waals surface area contributed by atoms with Crippen molar-refractivity contribution in [2.75, 3.05) is 26.2 Å². The molecule has 1 aliphatic rings. The van der Waals surface area contributed by atoms with E-state index in [1.54, 1.807) is 36.8 Å². The number of sulfonamides is 1. The molecule has 4 heterocycles. The number of halogens is 1. The van der Waals surface area contributed by atoms with Crippen LogP contribution in [-0.2, 0) is 10.0 Å². The first-order chi connectivity index (χ1) is 17.6. The molecule has 3 aromatic heterocycles.